The number of ether oxygens (including phenoxy) is 1. The van der Waals surface area contributed by atoms with E-state index in [1.807, 2.05) is 0 Å². The molecule has 0 radical (unpaired) electrons. The van der Waals surface area contributed by atoms with Gasteiger partial charge in [0.25, 0.3) is 0 Å². The summed E-state index contributed by atoms with van der Waals surface area (Å²) in [6.45, 7) is 0. The van der Waals surface area contributed by atoms with E-state index >= 15 is 0 Å². The van der Waals surface area contributed by atoms with Crippen molar-refractivity contribution in [2.75, 3.05) is 0 Å². The Balaban J connectivity index is 1.94. The standard InChI is InChI=1S/C14H11F3N4O2/c1-21-7-9(6-19-21)12(14(15,16)17)23-13(22)10-4-2-3-8-5-18-20-11(8)10/h2-7,12H,1H3,(H,18,20). The van der Waals surface area contributed by atoms with Gasteiger partial charge in [-0.15, -0.1) is 0 Å². The first-order chi connectivity index (χ1) is 10.9. The van der Waals surface area contributed by atoms with E-state index in [9.17, 15) is 18.0 Å². The molecular formula is C14H11F3N4O2. The topological polar surface area (TPSA) is 72.8 Å². The minimum absolute atomic E-state index is 0.0156. The Labute approximate surface area is 127 Å². The van der Waals surface area contributed by atoms with Crippen LogP contribution in [0.1, 0.15) is 22.0 Å². The number of esters is 1. The number of hydrogen-bond acceptors (Lipinski definition) is 4. The molecule has 1 unspecified atom stereocenters. The van der Waals surface area contributed by atoms with Crippen LogP contribution in [0.5, 0.6) is 0 Å². The molecule has 0 amide bonds. The Bertz CT molecular complexity index is 853. The lowest BCUT2D eigenvalue weighted by atomic mass is 10.1. The third kappa shape index (κ3) is 2.89. The number of halogens is 3. The van der Waals surface area contributed by atoms with Gasteiger partial charge in [0.2, 0.25) is 6.10 Å². The van der Waals surface area contributed by atoms with E-state index in [1.54, 1.807) is 12.1 Å². The highest BCUT2D eigenvalue weighted by atomic mass is 19.4. The van der Waals surface area contributed by atoms with Crippen LogP contribution < -0.4 is 0 Å². The minimum Gasteiger partial charge on any atom is -0.444 e. The van der Waals surface area contributed by atoms with Crippen LogP contribution in [0.3, 0.4) is 0 Å². The highest BCUT2D eigenvalue weighted by Crippen LogP contribution is 2.36. The van der Waals surface area contributed by atoms with Gasteiger partial charge in [0, 0.05) is 24.2 Å². The molecule has 120 valence electrons. The number of benzene rings is 1. The van der Waals surface area contributed by atoms with Crippen molar-refractivity contribution in [2.45, 2.75) is 12.3 Å². The molecule has 0 spiro atoms. The van der Waals surface area contributed by atoms with Crippen molar-refractivity contribution in [3.63, 3.8) is 0 Å². The fraction of sp³-hybridized carbons (Fsp3) is 0.214. The molecule has 0 bridgehead atoms. The molecule has 3 aromatic rings. The molecule has 0 aliphatic rings. The van der Waals surface area contributed by atoms with Gasteiger partial charge in [-0.05, 0) is 6.07 Å². The Morgan fingerprint density at radius 3 is 2.78 bits per heavy atom. The number of aromatic amines is 1. The lowest BCUT2D eigenvalue weighted by molar-refractivity contribution is -0.207. The second kappa shape index (κ2) is 5.41. The molecule has 2 aromatic heterocycles. The van der Waals surface area contributed by atoms with E-state index in [0.29, 0.717) is 10.9 Å². The number of hydrogen-bond donors (Lipinski definition) is 1. The van der Waals surface area contributed by atoms with Gasteiger partial charge in [-0.2, -0.15) is 23.4 Å². The molecule has 0 fully saturated rings. The fourth-order valence-corrected chi connectivity index (χ4v) is 2.21. The van der Waals surface area contributed by atoms with Gasteiger partial charge in [-0.1, -0.05) is 12.1 Å². The molecule has 1 aromatic carbocycles. The summed E-state index contributed by atoms with van der Waals surface area (Å²) in [6, 6.07) is 4.60. The number of alkyl halides is 3. The van der Waals surface area contributed by atoms with Gasteiger partial charge in [0.15, 0.2) is 0 Å². The quantitative estimate of drug-likeness (QED) is 0.752. The summed E-state index contributed by atoms with van der Waals surface area (Å²) in [4.78, 5) is 12.2. The van der Waals surface area contributed by atoms with Crippen molar-refractivity contribution in [1.82, 2.24) is 20.0 Å². The third-order valence-corrected chi connectivity index (χ3v) is 3.25. The summed E-state index contributed by atoms with van der Waals surface area (Å²) in [5.74, 6) is -1.09. The summed E-state index contributed by atoms with van der Waals surface area (Å²) >= 11 is 0. The van der Waals surface area contributed by atoms with Crippen LogP contribution in [0.4, 0.5) is 13.2 Å². The van der Waals surface area contributed by atoms with Crippen LogP contribution in [0.15, 0.2) is 36.8 Å². The molecule has 1 atom stereocenters. The highest BCUT2D eigenvalue weighted by Gasteiger charge is 2.45. The first kappa shape index (κ1) is 15.1. The molecular weight excluding hydrogens is 313 g/mol. The Morgan fingerprint density at radius 2 is 2.13 bits per heavy atom. The molecule has 3 rings (SSSR count). The Morgan fingerprint density at radius 1 is 1.35 bits per heavy atom. The summed E-state index contributed by atoms with van der Waals surface area (Å²) in [5, 5.41) is 10.6. The van der Waals surface area contributed by atoms with Crippen molar-refractivity contribution in [3.8, 4) is 0 Å². The number of fused-ring (bicyclic) bond motifs is 1. The molecule has 0 saturated carbocycles. The van der Waals surface area contributed by atoms with Crippen molar-refractivity contribution >= 4 is 16.9 Å². The zero-order valence-corrected chi connectivity index (χ0v) is 11.8. The van der Waals surface area contributed by atoms with Gasteiger partial charge in [0.1, 0.15) is 0 Å². The van der Waals surface area contributed by atoms with Gasteiger partial charge >= 0.3 is 12.1 Å². The lowest BCUT2D eigenvalue weighted by Crippen LogP contribution is -2.26. The van der Waals surface area contributed by atoms with Crippen molar-refractivity contribution < 1.29 is 22.7 Å². The molecule has 9 heteroatoms. The zero-order chi connectivity index (χ0) is 16.6. The van der Waals surface area contributed by atoms with E-state index in [-0.39, 0.29) is 11.1 Å². The minimum atomic E-state index is -4.75. The Kier molecular flexibility index (Phi) is 3.55. The number of aromatic nitrogens is 4. The SMILES string of the molecule is Cn1cc(C(OC(=O)c2cccc3cn[nH]c23)C(F)(F)F)cn1. The first-order valence-corrected chi connectivity index (χ1v) is 6.54. The maximum absolute atomic E-state index is 13.2. The van der Waals surface area contributed by atoms with E-state index in [1.165, 1.54) is 24.0 Å². The van der Waals surface area contributed by atoms with Crippen LogP contribution >= 0.6 is 0 Å². The average Bonchev–Trinajstić information content (AvgIpc) is 3.11. The summed E-state index contributed by atoms with van der Waals surface area (Å²) < 4.78 is 45.6. The highest BCUT2D eigenvalue weighted by molar-refractivity contribution is 6.02. The van der Waals surface area contributed by atoms with E-state index in [0.717, 1.165) is 12.4 Å². The van der Waals surface area contributed by atoms with Crippen LogP contribution in [0.25, 0.3) is 10.9 Å². The number of nitrogens with zero attached hydrogens (tertiary/aromatic N) is 3. The summed E-state index contributed by atoms with van der Waals surface area (Å²) in [6.07, 6.45) is -3.50. The predicted molar refractivity (Wildman–Crippen MR) is 73.5 cm³/mol. The van der Waals surface area contributed by atoms with E-state index in [4.69, 9.17) is 4.74 Å². The number of nitrogens with one attached hydrogen (secondary N) is 1. The number of carbonyl (C=O) groups excluding carboxylic acids is 1. The van der Waals surface area contributed by atoms with Crippen LogP contribution in [-0.2, 0) is 11.8 Å². The first-order valence-electron chi connectivity index (χ1n) is 6.54. The maximum Gasteiger partial charge on any atom is 0.429 e. The molecule has 2 heterocycles. The van der Waals surface area contributed by atoms with Gasteiger partial charge in [-0.25, -0.2) is 4.79 Å². The van der Waals surface area contributed by atoms with Gasteiger partial charge < -0.3 is 4.74 Å². The fourth-order valence-electron chi connectivity index (χ4n) is 2.21. The van der Waals surface area contributed by atoms with Gasteiger partial charge in [-0.3, -0.25) is 9.78 Å². The second-order valence-corrected chi connectivity index (χ2v) is 4.91. The van der Waals surface area contributed by atoms with Crippen LogP contribution in [0.2, 0.25) is 0 Å². The van der Waals surface area contributed by atoms with Crippen LogP contribution in [-0.4, -0.2) is 32.1 Å². The van der Waals surface area contributed by atoms with E-state index < -0.39 is 18.2 Å². The lowest BCUT2D eigenvalue weighted by Gasteiger charge is -2.19. The number of H-pyrrole nitrogens is 1. The molecule has 0 aliphatic heterocycles. The summed E-state index contributed by atoms with van der Waals surface area (Å²) in [7, 11) is 1.48. The maximum atomic E-state index is 13.2. The number of carbonyl (C=O) groups is 1. The molecule has 0 saturated heterocycles. The Hall–Kier alpha value is -2.84. The smallest absolute Gasteiger partial charge is 0.429 e. The monoisotopic (exact) mass is 324 g/mol. The molecule has 1 N–H and O–H groups in total. The largest absolute Gasteiger partial charge is 0.444 e. The molecule has 23 heavy (non-hydrogen) atoms. The number of para-hydroxylation sites is 1. The molecule has 6 nitrogen and oxygen atoms in total. The third-order valence-electron chi connectivity index (χ3n) is 3.25. The predicted octanol–water partition coefficient (Wildman–Crippen LogP) is 2.76. The van der Waals surface area contributed by atoms with Crippen molar-refractivity contribution in [3.05, 3.63) is 47.9 Å². The average molecular weight is 324 g/mol. The van der Waals surface area contributed by atoms with Crippen molar-refractivity contribution in [1.29, 1.82) is 0 Å². The number of aryl methyl sites for hydroxylation is 1. The van der Waals surface area contributed by atoms with Crippen molar-refractivity contribution in [2.24, 2.45) is 7.05 Å². The van der Waals surface area contributed by atoms with Gasteiger partial charge in [0.05, 0.1) is 23.5 Å². The molecule has 0 aliphatic carbocycles. The summed E-state index contributed by atoms with van der Waals surface area (Å²) in [5.41, 5.74) is 0.0629. The zero-order valence-electron chi connectivity index (χ0n) is 11.8. The van der Waals surface area contributed by atoms with Crippen LogP contribution in [0, 0.1) is 0 Å². The normalized spacial score (nSPS) is 13.2. The van der Waals surface area contributed by atoms with E-state index in [2.05, 4.69) is 15.3 Å². The second-order valence-electron chi connectivity index (χ2n) is 4.91. The number of rotatable bonds is 3.